The van der Waals surface area contributed by atoms with E-state index in [4.69, 9.17) is 23.2 Å². The van der Waals surface area contributed by atoms with Crippen LogP contribution in [0.4, 0.5) is 5.69 Å². The summed E-state index contributed by atoms with van der Waals surface area (Å²) < 4.78 is 0. The lowest BCUT2D eigenvalue weighted by Gasteiger charge is -2.21. The molecule has 0 bridgehead atoms. The smallest absolute Gasteiger partial charge is 0.147 e. The number of thiophene rings is 1. The number of aromatic nitrogens is 1. The lowest BCUT2D eigenvalue weighted by molar-refractivity contribution is 0.472. The molecule has 6 heteroatoms. The minimum Gasteiger partial charge on any atom is -0.505 e. The molecule has 2 N–H and O–H groups in total. The first-order chi connectivity index (χ1) is 12.6. The van der Waals surface area contributed by atoms with E-state index in [9.17, 15) is 5.11 Å². The first kappa shape index (κ1) is 17.2. The fraction of sp³-hybridized carbons (Fsp3) is 0.0500. The van der Waals surface area contributed by atoms with Crippen LogP contribution < -0.4 is 5.32 Å². The van der Waals surface area contributed by atoms with E-state index in [1.54, 1.807) is 29.7 Å². The lowest BCUT2D eigenvalue weighted by atomic mass is 10.0. The first-order valence-corrected chi connectivity index (χ1v) is 9.58. The fourth-order valence-electron chi connectivity index (χ4n) is 2.89. The van der Waals surface area contributed by atoms with E-state index >= 15 is 0 Å². The van der Waals surface area contributed by atoms with E-state index < -0.39 is 0 Å². The molecule has 0 spiro atoms. The largest absolute Gasteiger partial charge is 0.505 e. The van der Waals surface area contributed by atoms with Gasteiger partial charge in [0.15, 0.2) is 0 Å². The third kappa shape index (κ3) is 3.23. The van der Waals surface area contributed by atoms with Crippen molar-refractivity contribution in [1.82, 2.24) is 4.98 Å². The molecule has 4 aromatic rings. The zero-order valence-corrected chi connectivity index (χ0v) is 15.8. The summed E-state index contributed by atoms with van der Waals surface area (Å²) in [4.78, 5) is 5.40. The molecular formula is C20H14Cl2N2OS. The first-order valence-electron chi connectivity index (χ1n) is 7.95. The Morgan fingerprint density at radius 2 is 1.88 bits per heavy atom. The number of nitrogens with zero attached hydrogens (tertiary/aromatic N) is 1. The van der Waals surface area contributed by atoms with Crippen LogP contribution in [-0.2, 0) is 0 Å². The molecule has 2 aromatic heterocycles. The molecular weight excluding hydrogens is 387 g/mol. The van der Waals surface area contributed by atoms with Crippen molar-refractivity contribution in [1.29, 1.82) is 0 Å². The summed E-state index contributed by atoms with van der Waals surface area (Å²) in [6.45, 7) is 0. The number of hydrogen-bond acceptors (Lipinski definition) is 4. The second-order valence-electron chi connectivity index (χ2n) is 5.80. The summed E-state index contributed by atoms with van der Waals surface area (Å²) in [5, 5.41) is 18.2. The van der Waals surface area contributed by atoms with E-state index in [-0.39, 0.29) is 11.8 Å². The Bertz CT molecular complexity index is 1070. The van der Waals surface area contributed by atoms with Crippen LogP contribution in [0.2, 0.25) is 10.0 Å². The van der Waals surface area contributed by atoms with Gasteiger partial charge in [0.25, 0.3) is 0 Å². The van der Waals surface area contributed by atoms with Crippen LogP contribution in [0, 0.1) is 0 Å². The molecule has 3 nitrogen and oxygen atoms in total. The van der Waals surface area contributed by atoms with E-state index in [2.05, 4.69) is 10.3 Å². The third-order valence-corrected chi connectivity index (χ3v) is 5.82. The Morgan fingerprint density at radius 1 is 1.00 bits per heavy atom. The number of benzene rings is 2. The Kier molecular flexibility index (Phi) is 4.72. The summed E-state index contributed by atoms with van der Waals surface area (Å²) in [5.74, 6) is 0.175. The van der Waals surface area contributed by atoms with Gasteiger partial charge in [-0.25, -0.2) is 0 Å². The van der Waals surface area contributed by atoms with Crippen LogP contribution in [0.25, 0.3) is 10.9 Å². The molecule has 2 heterocycles. The summed E-state index contributed by atoms with van der Waals surface area (Å²) >= 11 is 13.8. The van der Waals surface area contributed by atoms with E-state index in [0.29, 0.717) is 15.6 Å². The number of phenols is 1. The average molecular weight is 401 g/mol. The number of hydrogen-bond donors (Lipinski definition) is 2. The molecule has 1 unspecified atom stereocenters. The molecule has 2 aromatic carbocycles. The fourth-order valence-corrected chi connectivity index (χ4v) is 3.98. The SMILES string of the molecule is Oc1c(C(Nc2ccc(Cl)c(Cl)c2)c2cccs2)ccc2cccnc12. The Labute approximate surface area is 164 Å². The minimum atomic E-state index is -0.237. The van der Waals surface area contributed by atoms with Gasteiger partial charge in [-0.2, -0.15) is 0 Å². The van der Waals surface area contributed by atoms with E-state index in [0.717, 1.165) is 21.5 Å². The molecule has 26 heavy (non-hydrogen) atoms. The van der Waals surface area contributed by atoms with Crippen LogP contribution in [-0.4, -0.2) is 10.1 Å². The summed E-state index contributed by atoms with van der Waals surface area (Å²) in [6.07, 6.45) is 1.68. The van der Waals surface area contributed by atoms with Gasteiger partial charge in [-0.1, -0.05) is 47.5 Å². The zero-order chi connectivity index (χ0) is 18.1. The maximum Gasteiger partial charge on any atom is 0.147 e. The highest BCUT2D eigenvalue weighted by Crippen LogP contribution is 2.38. The highest BCUT2D eigenvalue weighted by molar-refractivity contribution is 7.10. The van der Waals surface area contributed by atoms with Gasteiger partial charge in [0.1, 0.15) is 11.3 Å². The molecule has 0 aliphatic heterocycles. The molecule has 0 amide bonds. The van der Waals surface area contributed by atoms with Crippen molar-refractivity contribution in [2.75, 3.05) is 5.32 Å². The van der Waals surface area contributed by atoms with Gasteiger partial charge in [0.05, 0.1) is 16.1 Å². The van der Waals surface area contributed by atoms with Gasteiger partial charge in [0, 0.05) is 27.7 Å². The standard InChI is InChI=1S/C20H14Cl2N2OS/c21-15-8-6-13(11-16(15)22)24-19(17-4-2-10-26-17)14-7-5-12-3-1-9-23-18(12)20(14)25/h1-11,19,24-25H. The molecule has 4 rings (SSSR count). The number of fused-ring (bicyclic) bond motifs is 1. The Hall–Kier alpha value is -2.27. The van der Waals surface area contributed by atoms with Crippen molar-refractivity contribution in [3.8, 4) is 5.75 Å². The van der Waals surface area contributed by atoms with Gasteiger partial charge in [-0.3, -0.25) is 4.98 Å². The van der Waals surface area contributed by atoms with Crippen LogP contribution in [0.1, 0.15) is 16.5 Å². The van der Waals surface area contributed by atoms with Crippen LogP contribution >= 0.6 is 34.5 Å². The number of pyridine rings is 1. The predicted molar refractivity (Wildman–Crippen MR) is 110 cm³/mol. The molecule has 0 radical (unpaired) electrons. The molecule has 0 fully saturated rings. The summed E-state index contributed by atoms with van der Waals surface area (Å²) in [7, 11) is 0. The molecule has 130 valence electrons. The predicted octanol–water partition coefficient (Wildman–Crippen LogP) is 6.51. The normalized spacial score (nSPS) is 12.2. The Morgan fingerprint density at radius 3 is 2.65 bits per heavy atom. The number of anilines is 1. The van der Waals surface area contributed by atoms with Crippen LogP contribution in [0.3, 0.4) is 0 Å². The molecule has 0 aliphatic rings. The highest BCUT2D eigenvalue weighted by Gasteiger charge is 2.21. The molecule has 1 atom stereocenters. The van der Waals surface area contributed by atoms with Gasteiger partial charge in [-0.05, 0) is 35.7 Å². The van der Waals surface area contributed by atoms with E-state index in [1.807, 2.05) is 47.8 Å². The molecule has 0 saturated carbocycles. The number of phenolic OH excluding ortho intramolecular Hbond substituents is 1. The van der Waals surface area contributed by atoms with Crippen LogP contribution in [0.5, 0.6) is 5.75 Å². The quantitative estimate of drug-likeness (QED) is 0.410. The number of halogens is 2. The maximum atomic E-state index is 10.9. The highest BCUT2D eigenvalue weighted by atomic mass is 35.5. The van der Waals surface area contributed by atoms with Gasteiger partial charge in [0.2, 0.25) is 0 Å². The number of aromatic hydroxyl groups is 1. The van der Waals surface area contributed by atoms with E-state index in [1.165, 1.54) is 0 Å². The van der Waals surface area contributed by atoms with Crippen molar-refractivity contribution >= 4 is 51.1 Å². The average Bonchev–Trinajstić information content (AvgIpc) is 3.18. The zero-order valence-electron chi connectivity index (χ0n) is 13.5. The van der Waals surface area contributed by atoms with Crippen molar-refractivity contribution in [2.24, 2.45) is 0 Å². The summed E-state index contributed by atoms with van der Waals surface area (Å²) in [5.41, 5.74) is 2.16. The van der Waals surface area contributed by atoms with Gasteiger partial charge in [-0.15, -0.1) is 11.3 Å². The van der Waals surface area contributed by atoms with Crippen LogP contribution in [0.15, 0.2) is 66.2 Å². The molecule has 0 aliphatic carbocycles. The third-order valence-electron chi connectivity index (χ3n) is 4.15. The van der Waals surface area contributed by atoms with Crippen molar-refractivity contribution in [3.05, 3.63) is 86.7 Å². The van der Waals surface area contributed by atoms with Gasteiger partial charge < -0.3 is 10.4 Å². The summed E-state index contributed by atoms with van der Waals surface area (Å²) in [6, 6.07) is 16.8. The topological polar surface area (TPSA) is 45.1 Å². The lowest BCUT2D eigenvalue weighted by Crippen LogP contribution is -2.11. The van der Waals surface area contributed by atoms with Crippen molar-refractivity contribution in [3.63, 3.8) is 0 Å². The number of nitrogens with one attached hydrogen (secondary N) is 1. The second kappa shape index (κ2) is 7.16. The van der Waals surface area contributed by atoms with Gasteiger partial charge >= 0.3 is 0 Å². The minimum absolute atomic E-state index is 0.175. The maximum absolute atomic E-state index is 10.9. The number of rotatable bonds is 4. The van der Waals surface area contributed by atoms with Crippen molar-refractivity contribution in [2.45, 2.75) is 6.04 Å². The van der Waals surface area contributed by atoms with Crippen molar-refractivity contribution < 1.29 is 5.11 Å². The second-order valence-corrected chi connectivity index (χ2v) is 7.59. The Balaban J connectivity index is 1.81. The molecule has 0 saturated heterocycles. The monoisotopic (exact) mass is 400 g/mol.